The van der Waals surface area contributed by atoms with Gasteiger partial charge in [-0.25, -0.2) is 9.78 Å². The average Bonchev–Trinajstić information content (AvgIpc) is 3.07. The summed E-state index contributed by atoms with van der Waals surface area (Å²) in [6, 6.07) is 0. The number of carboxylic acid groups (broad SMARTS) is 1. The van der Waals surface area contributed by atoms with Crippen LogP contribution in [0.15, 0.2) is 11.6 Å². The number of morpholine rings is 1. The number of hydrogen-bond acceptors (Lipinski definition) is 6. The lowest BCUT2D eigenvalue weighted by Gasteiger charge is -2.46. The van der Waals surface area contributed by atoms with Crippen LogP contribution in [0.2, 0.25) is 0 Å². The summed E-state index contributed by atoms with van der Waals surface area (Å²) < 4.78 is 37.6. The molecule has 0 aliphatic carbocycles. The normalized spacial score (nSPS) is 20.6. The third kappa shape index (κ3) is 5.64. The topological polar surface area (TPSA) is 83.0 Å². The van der Waals surface area contributed by atoms with Crippen molar-refractivity contribution in [1.82, 2.24) is 14.8 Å². The van der Waals surface area contributed by atoms with Gasteiger partial charge in [0.05, 0.1) is 12.1 Å². The molecule has 1 aromatic rings. The number of carbonyl (C=O) groups excluding carboxylic acids is 1. The Kier molecular flexibility index (Phi) is 6.58. The van der Waals surface area contributed by atoms with E-state index in [0.717, 1.165) is 39.0 Å². The maximum atomic E-state index is 11.5. The predicted molar refractivity (Wildman–Crippen MR) is 86.6 cm³/mol. The van der Waals surface area contributed by atoms with Crippen LogP contribution in [0.1, 0.15) is 17.8 Å². The molecule has 1 amide bonds. The largest absolute Gasteiger partial charge is 0.490 e. The van der Waals surface area contributed by atoms with Crippen molar-refractivity contribution in [3.05, 3.63) is 16.6 Å². The first kappa shape index (κ1) is 20.6. The summed E-state index contributed by atoms with van der Waals surface area (Å²) in [5.74, 6) is -2.66. The van der Waals surface area contributed by atoms with E-state index in [1.807, 2.05) is 18.6 Å². The fraction of sp³-hybridized carbons (Fsp3) is 0.667. The molecule has 0 saturated carbocycles. The van der Waals surface area contributed by atoms with E-state index in [1.54, 1.807) is 16.2 Å². The third-order valence-corrected chi connectivity index (χ3v) is 5.07. The summed E-state index contributed by atoms with van der Waals surface area (Å²) >= 11 is 1.71. The zero-order chi connectivity index (χ0) is 19.4. The number of likely N-dealkylation sites (N-methyl/N-ethyl adjacent to an activating group) is 1. The van der Waals surface area contributed by atoms with Gasteiger partial charge >= 0.3 is 12.1 Å². The van der Waals surface area contributed by atoms with Crippen molar-refractivity contribution >= 4 is 23.2 Å². The molecule has 2 fully saturated rings. The second-order valence-corrected chi connectivity index (χ2v) is 7.21. The lowest BCUT2D eigenvalue weighted by atomic mass is 9.89. The number of likely N-dealkylation sites (tertiary alicyclic amines) is 1. The number of carboxylic acids is 1. The number of hydrogen-bond donors (Lipinski definition) is 1. The summed E-state index contributed by atoms with van der Waals surface area (Å²) in [5, 5.41) is 10.3. The van der Waals surface area contributed by atoms with E-state index < -0.39 is 12.1 Å². The zero-order valence-corrected chi connectivity index (χ0v) is 15.0. The van der Waals surface area contributed by atoms with Crippen LogP contribution in [0.3, 0.4) is 0 Å². The Morgan fingerprint density at radius 1 is 1.42 bits per heavy atom. The number of amides is 1. The van der Waals surface area contributed by atoms with Gasteiger partial charge in [-0.05, 0) is 12.8 Å². The van der Waals surface area contributed by atoms with Gasteiger partial charge in [0.2, 0.25) is 5.91 Å². The van der Waals surface area contributed by atoms with Crippen molar-refractivity contribution in [2.45, 2.75) is 31.2 Å². The Labute approximate surface area is 152 Å². The molecule has 7 nitrogen and oxygen atoms in total. The molecule has 1 spiro atoms. The molecule has 11 heteroatoms. The van der Waals surface area contributed by atoms with E-state index in [4.69, 9.17) is 14.6 Å². The fourth-order valence-electron chi connectivity index (χ4n) is 2.83. The van der Waals surface area contributed by atoms with Crippen LogP contribution in [0.25, 0.3) is 0 Å². The molecular formula is C15H20F3N3O4S. The number of halogens is 3. The van der Waals surface area contributed by atoms with Crippen molar-refractivity contribution in [2.24, 2.45) is 0 Å². The number of rotatable bonds is 2. The van der Waals surface area contributed by atoms with Crippen molar-refractivity contribution in [1.29, 1.82) is 0 Å². The van der Waals surface area contributed by atoms with Crippen LogP contribution in [0.5, 0.6) is 0 Å². The second kappa shape index (κ2) is 8.31. The SMILES string of the molecule is CN1CC2(CCN(Cc3nccs3)CC2)OCC1=O.O=C(O)C(F)(F)F. The molecule has 0 aromatic carbocycles. The van der Waals surface area contributed by atoms with E-state index in [0.29, 0.717) is 0 Å². The quantitative estimate of drug-likeness (QED) is 0.819. The van der Waals surface area contributed by atoms with E-state index in [-0.39, 0.29) is 18.1 Å². The Morgan fingerprint density at radius 3 is 2.50 bits per heavy atom. The lowest BCUT2D eigenvalue weighted by molar-refractivity contribution is -0.192. The molecule has 146 valence electrons. The van der Waals surface area contributed by atoms with Gasteiger partial charge in [0.25, 0.3) is 0 Å². The van der Waals surface area contributed by atoms with Gasteiger partial charge in [0.15, 0.2) is 0 Å². The van der Waals surface area contributed by atoms with Crippen molar-refractivity contribution in [3.8, 4) is 0 Å². The Morgan fingerprint density at radius 2 is 2.04 bits per heavy atom. The number of aromatic nitrogens is 1. The molecular weight excluding hydrogens is 375 g/mol. The van der Waals surface area contributed by atoms with E-state index in [2.05, 4.69) is 9.88 Å². The number of piperidine rings is 1. The third-order valence-electron chi connectivity index (χ3n) is 4.31. The standard InChI is InChI=1S/C13H19N3O2S.C2HF3O2/c1-15-10-13(18-9-12(15)17)2-5-16(6-3-13)8-11-14-4-7-19-11;3-2(4,5)1(6)7/h4,7H,2-3,5-6,8-10H2,1H3;(H,6,7). The van der Waals surface area contributed by atoms with Crippen LogP contribution >= 0.6 is 11.3 Å². The lowest BCUT2D eigenvalue weighted by Crippen LogP contribution is -2.57. The highest BCUT2D eigenvalue weighted by Gasteiger charge is 2.41. The molecule has 0 unspecified atom stereocenters. The van der Waals surface area contributed by atoms with Gasteiger partial charge in [0, 0.05) is 38.3 Å². The van der Waals surface area contributed by atoms with Gasteiger partial charge in [-0.15, -0.1) is 11.3 Å². The van der Waals surface area contributed by atoms with Crippen LogP contribution in [-0.4, -0.2) is 76.8 Å². The van der Waals surface area contributed by atoms with Crippen LogP contribution in [0, 0.1) is 0 Å². The minimum absolute atomic E-state index is 0.0934. The van der Waals surface area contributed by atoms with E-state index >= 15 is 0 Å². The van der Waals surface area contributed by atoms with Crippen molar-refractivity contribution in [2.75, 3.05) is 33.3 Å². The average molecular weight is 395 g/mol. The predicted octanol–water partition coefficient (Wildman–Crippen LogP) is 1.60. The molecule has 0 radical (unpaired) electrons. The van der Waals surface area contributed by atoms with Gasteiger partial charge in [0.1, 0.15) is 11.6 Å². The van der Waals surface area contributed by atoms with Gasteiger partial charge < -0.3 is 14.7 Å². The molecule has 1 N–H and O–H groups in total. The van der Waals surface area contributed by atoms with Gasteiger partial charge in [-0.1, -0.05) is 0 Å². The molecule has 2 aliphatic rings. The highest BCUT2D eigenvalue weighted by molar-refractivity contribution is 7.09. The number of alkyl halides is 3. The molecule has 0 atom stereocenters. The smallest absolute Gasteiger partial charge is 0.475 e. The van der Waals surface area contributed by atoms with Crippen LogP contribution < -0.4 is 0 Å². The first-order valence-corrected chi connectivity index (χ1v) is 8.78. The highest BCUT2D eigenvalue weighted by Crippen LogP contribution is 2.30. The zero-order valence-electron chi connectivity index (χ0n) is 14.2. The molecule has 2 aliphatic heterocycles. The number of ether oxygens (including phenoxy) is 1. The summed E-state index contributed by atoms with van der Waals surface area (Å²) in [5.41, 5.74) is -0.109. The minimum Gasteiger partial charge on any atom is -0.475 e. The Bertz CT molecular complexity index is 616. The second-order valence-electron chi connectivity index (χ2n) is 6.23. The van der Waals surface area contributed by atoms with Crippen LogP contribution in [0.4, 0.5) is 13.2 Å². The van der Waals surface area contributed by atoms with E-state index in [1.165, 1.54) is 5.01 Å². The fourth-order valence-corrected chi connectivity index (χ4v) is 3.49. The number of thiazole rings is 1. The maximum absolute atomic E-state index is 11.5. The molecule has 1 aromatic heterocycles. The summed E-state index contributed by atoms with van der Waals surface area (Å²) in [6.45, 7) is 3.94. The summed E-state index contributed by atoms with van der Waals surface area (Å²) in [4.78, 5) is 28.9. The van der Waals surface area contributed by atoms with Crippen LogP contribution in [-0.2, 0) is 20.9 Å². The maximum Gasteiger partial charge on any atom is 0.490 e. The number of aliphatic carboxylic acids is 1. The van der Waals surface area contributed by atoms with Gasteiger partial charge in [-0.2, -0.15) is 13.2 Å². The summed E-state index contributed by atoms with van der Waals surface area (Å²) in [6.07, 6.45) is -1.23. The van der Waals surface area contributed by atoms with Crippen molar-refractivity contribution in [3.63, 3.8) is 0 Å². The van der Waals surface area contributed by atoms with Gasteiger partial charge in [-0.3, -0.25) is 9.69 Å². The first-order chi connectivity index (χ1) is 12.1. The van der Waals surface area contributed by atoms with Crippen molar-refractivity contribution < 1.29 is 32.6 Å². The molecule has 3 heterocycles. The van der Waals surface area contributed by atoms with E-state index in [9.17, 15) is 18.0 Å². The first-order valence-electron chi connectivity index (χ1n) is 7.90. The number of carbonyl (C=O) groups is 2. The Balaban J connectivity index is 0.000000298. The minimum atomic E-state index is -5.08. The summed E-state index contributed by atoms with van der Waals surface area (Å²) in [7, 11) is 1.87. The molecule has 26 heavy (non-hydrogen) atoms. The highest BCUT2D eigenvalue weighted by atomic mass is 32.1. The monoisotopic (exact) mass is 395 g/mol. The molecule has 3 rings (SSSR count). The molecule has 2 saturated heterocycles. The number of nitrogens with zero attached hydrogens (tertiary/aromatic N) is 3. The molecule has 0 bridgehead atoms. The Hall–Kier alpha value is -1.72.